The molecule has 3 aromatic rings. The van der Waals surface area contributed by atoms with Crippen LogP contribution < -0.4 is 11.3 Å². The normalized spacial score (nSPS) is 13.6. The Bertz CT molecular complexity index is 1240. The van der Waals surface area contributed by atoms with Gasteiger partial charge in [-0.25, -0.2) is 21.1 Å². The second-order valence-electron chi connectivity index (χ2n) is 11.0. The largest absolute Gasteiger partial charge is 0.448 e. The van der Waals surface area contributed by atoms with Crippen molar-refractivity contribution < 1.29 is 29.0 Å². The summed E-state index contributed by atoms with van der Waals surface area (Å²) in [6, 6.07) is 28.8. The third-order valence-corrected chi connectivity index (χ3v) is 7.52. The number of Topliss-reactive ketones (excluding diaryl/α,β-unsaturated/α-hetero) is 1. The summed E-state index contributed by atoms with van der Waals surface area (Å²) in [5, 5.41) is 12.7. The van der Waals surface area contributed by atoms with Crippen LogP contribution in [0.15, 0.2) is 91.0 Å². The van der Waals surface area contributed by atoms with Gasteiger partial charge in [0.2, 0.25) is 0 Å². The predicted octanol–water partition coefficient (Wildman–Crippen LogP) is 5.12. The number of nitrogens with one attached hydrogen (secondary N) is 1. The van der Waals surface area contributed by atoms with Crippen molar-refractivity contribution in [2.45, 2.75) is 76.9 Å². The molecule has 9 nitrogen and oxygen atoms in total. The summed E-state index contributed by atoms with van der Waals surface area (Å²) in [7, 11) is 0. The monoisotopic (exact) mass is 591 g/mol. The molecule has 3 rings (SSSR count). The molecule has 0 bridgehead atoms. The third kappa shape index (κ3) is 9.71. The van der Waals surface area contributed by atoms with E-state index in [1.54, 1.807) is 24.3 Å². The number of carbonyl (C=O) groups is 2. The zero-order chi connectivity index (χ0) is 31.1. The van der Waals surface area contributed by atoms with Gasteiger partial charge < -0.3 is 14.6 Å². The predicted molar refractivity (Wildman–Crippen MR) is 165 cm³/mol. The lowest BCUT2D eigenvalue weighted by Gasteiger charge is -2.46. The van der Waals surface area contributed by atoms with Crippen molar-refractivity contribution in [2.75, 3.05) is 13.2 Å². The van der Waals surface area contributed by atoms with Crippen LogP contribution in [0, 0.1) is 0 Å². The van der Waals surface area contributed by atoms with Gasteiger partial charge in [0.15, 0.2) is 5.78 Å². The minimum Gasteiger partial charge on any atom is -0.448 e. The lowest BCUT2D eigenvalue weighted by Crippen LogP contribution is -2.71. The van der Waals surface area contributed by atoms with Gasteiger partial charge in [-0.1, -0.05) is 97.9 Å². The Labute approximate surface area is 254 Å². The van der Waals surface area contributed by atoms with Crippen LogP contribution in [0.5, 0.6) is 0 Å². The minimum absolute atomic E-state index is 0.154. The Hall–Kier alpha value is -3.60. The van der Waals surface area contributed by atoms with E-state index >= 15 is 0 Å². The van der Waals surface area contributed by atoms with Gasteiger partial charge in [-0.15, -0.1) is 0 Å². The average Bonchev–Trinajstić information content (AvgIpc) is 3.03. The summed E-state index contributed by atoms with van der Waals surface area (Å²) in [4.78, 5) is 32.0. The molecular weight excluding hydrogens is 546 g/mol. The topological polar surface area (TPSA) is 123 Å². The molecule has 4 N–H and O–H groups in total. The maximum Gasteiger partial charge on any atom is 0.424 e. The third-order valence-electron chi connectivity index (χ3n) is 7.52. The van der Waals surface area contributed by atoms with Gasteiger partial charge in [0.25, 0.3) is 5.79 Å². The number of ether oxygens (including phenoxy) is 2. The number of unbranched alkanes of at least 4 members (excludes halogenated alkanes) is 1. The van der Waals surface area contributed by atoms with E-state index in [1.165, 1.54) is 19.4 Å². The first-order chi connectivity index (χ1) is 20.7. The summed E-state index contributed by atoms with van der Waals surface area (Å²) in [5.74, 6) is 2.30. The van der Waals surface area contributed by atoms with E-state index in [1.807, 2.05) is 61.5 Å². The number of rotatable bonds is 18. The van der Waals surface area contributed by atoms with Crippen molar-refractivity contribution >= 4 is 11.9 Å². The zero-order valence-corrected chi connectivity index (χ0v) is 25.4. The van der Waals surface area contributed by atoms with Gasteiger partial charge in [0.1, 0.15) is 5.54 Å². The molecule has 2 atom stereocenters. The number of carbonyl (C=O) groups excluding carboxylic acids is 2. The Morgan fingerprint density at radius 2 is 1.44 bits per heavy atom. The smallest absolute Gasteiger partial charge is 0.424 e. The average molecular weight is 592 g/mol. The molecule has 0 aromatic heterocycles. The van der Waals surface area contributed by atoms with Crippen molar-refractivity contribution in [3.63, 3.8) is 0 Å². The molecule has 0 heterocycles. The van der Waals surface area contributed by atoms with Gasteiger partial charge >= 0.3 is 6.09 Å². The molecule has 0 saturated carbocycles. The molecule has 0 radical (unpaired) electrons. The first kappa shape index (κ1) is 33.9. The molecule has 0 fully saturated rings. The molecular formula is C34H45N3O6. The molecule has 0 aliphatic heterocycles. The van der Waals surface area contributed by atoms with Crippen molar-refractivity contribution in [1.29, 1.82) is 0 Å². The lowest BCUT2D eigenvalue weighted by atomic mass is 9.86. The Balaban J connectivity index is 1.72. The van der Waals surface area contributed by atoms with Crippen LogP contribution >= 0.6 is 0 Å². The summed E-state index contributed by atoms with van der Waals surface area (Å²) in [6.45, 7) is 5.71. The van der Waals surface area contributed by atoms with Gasteiger partial charge in [0.05, 0.1) is 19.3 Å². The number of hydrogen-bond donors (Lipinski definition) is 3. The number of hydrazine groups is 1. The molecule has 43 heavy (non-hydrogen) atoms. The van der Waals surface area contributed by atoms with E-state index in [2.05, 4.69) is 17.6 Å². The second-order valence-corrected chi connectivity index (χ2v) is 11.0. The van der Waals surface area contributed by atoms with E-state index in [0.717, 1.165) is 23.4 Å². The van der Waals surface area contributed by atoms with Crippen LogP contribution in [0.4, 0.5) is 4.79 Å². The molecule has 9 heteroatoms. The highest BCUT2D eigenvalue weighted by molar-refractivity contribution is 5.89. The van der Waals surface area contributed by atoms with Gasteiger partial charge in [-0.05, 0) is 56.2 Å². The number of aliphatic hydroxyl groups is 1. The number of hydrogen-bond acceptors (Lipinski definition) is 8. The standard InChI is InChI=1S/C34H45N3O6/c1-4-30(42-26-29-21-12-7-13-22-29)25-36-37(32(39)41-23-15-14-18-27-16-8-5-9-17-27)33(2,3)34(40,43-35)31(38)24-28-19-10-6-11-20-28/h5-13,16-17,19-22,30,36,40H,4,14-15,18,23-26,35H2,1-3H3. The highest BCUT2D eigenvalue weighted by Crippen LogP contribution is 2.31. The molecule has 0 aliphatic carbocycles. The van der Waals surface area contributed by atoms with Crippen molar-refractivity contribution in [3.05, 3.63) is 108 Å². The quantitative estimate of drug-likeness (QED) is 0.106. The molecule has 232 valence electrons. The van der Waals surface area contributed by atoms with Crippen LogP contribution in [0.2, 0.25) is 0 Å². The van der Waals surface area contributed by atoms with Gasteiger partial charge in [-0.2, -0.15) is 0 Å². The van der Waals surface area contributed by atoms with E-state index < -0.39 is 23.2 Å². The fourth-order valence-electron chi connectivity index (χ4n) is 4.70. The zero-order valence-electron chi connectivity index (χ0n) is 25.4. The van der Waals surface area contributed by atoms with Crippen LogP contribution in [-0.4, -0.2) is 52.6 Å². The van der Waals surface area contributed by atoms with Crippen molar-refractivity contribution in [1.82, 2.24) is 10.4 Å². The van der Waals surface area contributed by atoms with Gasteiger partial charge in [-0.3, -0.25) is 9.63 Å². The number of nitrogens with two attached hydrogens (primary N) is 1. The highest BCUT2D eigenvalue weighted by Gasteiger charge is 2.56. The van der Waals surface area contributed by atoms with Gasteiger partial charge in [0, 0.05) is 13.0 Å². The SMILES string of the molecule is CCC(CNN(C(=O)OCCCCc1ccccc1)C(C)(C)C(O)(ON)C(=O)Cc1ccccc1)OCc1ccccc1. The van der Waals surface area contributed by atoms with Crippen LogP contribution in [0.25, 0.3) is 0 Å². The molecule has 3 aromatic carbocycles. The summed E-state index contributed by atoms with van der Waals surface area (Å²) < 4.78 is 11.7. The summed E-state index contributed by atoms with van der Waals surface area (Å²) in [5.41, 5.74) is 4.27. The van der Waals surface area contributed by atoms with Crippen LogP contribution in [0.1, 0.15) is 56.7 Å². The fraction of sp³-hybridized carbons (Fsp3) is 0.412. The van der Waals surface area contributed by atoms with E-state index in [4.69, 9.17) is 20.2 Å². The molecule has 0 aliphatic rings. The Morgan fingerprint density at radius 1 is 0.884 bits per heavy atom. The first-order valence-corrected chi connectivity index (χ1v) is 14.8. The summed E-state index contributed by atoms with van der Waals surface area (Å²) in [6.07, 6.45) is 1.75. The first-order valence-electron chi connectivity index (χ1n) is 14.8. The lowest BCUT2D eigenvalue weighted by molar-refractivity contribution is -0.257. The number of ketones is 1. The molecule has 0 spiro atoms. The Morgan fingerprint density at radius 3 is 2.00 bits per heavy atom. The van der Waals surface area contributed by atoms with E-state index in [0.29, 0.717) is 25.0 Å². The van der Waals surface area contributed by atoms with E-state index in [-0.39, 0.29) is 25.7 Å². The number of amides is 1. The number of benzene rings is 3. The molecule has 1 amide bonds. The van der Waals surface area contributed by atoms with Crippen LogP contribution in [-0.2, 0) is 38.6 Å². The number of nitrogens with zero attached hydrogens (tertiary/aromatic N) is 1. The van der Waals surface area contributed by atoms with Crippen molar-refractivity contribution in [3.8, 4) is 0 Å². The second kappa shape index (κ2) is 16.9. The van der Waals surface area contributed by atoms with Crippen LogP contribution in [0.3, 0.4) is 0 Å². The van der Waals surface area contributed by atoms with E-state index in [9.17, 15) is 14.7 Å². The minimum atomic E-state index is -2.56. The maximum absolute atomic E-state index is 13.5. The van der Waals surface area contributed by atoms with Crippen molar-refractivity contribution in [2.24, 2.45) is 5.90 Å². The number of aryl methyl sites for hydroxylation is 1. The Kier molecular flexibility index (Phi) is 13.3. The molecule has 0 saturated heterocycles. The fourth-order valence-corrected chi connectivity index (χ4v) is 4.70. The summed E-state index contributed by atoms with van der Waals surface area (Å²) >= 11 is 0. The molecule has 2 unspecified atom stereocenters. The maximum atomic E-state index is 13.5. The highest BCUT2D eigenvalue weighted by atomic mass is 16.7.